The number of ether oxygens (including phenoxy) is 1. The highest BCUT2D eigenvalue weighted by Gasteiger charge is 2.27. The van der Waals surface area contributed by atoms with Crippen LogP contribution in [0.2, 0.25) is 0 Å². The molecule has 0 atom stereocenters. The maximum absolute atomic E-state index is 13.1. The predicted molar refractivity (Wildman–Crippen MR) is 111 cm³/mol. The Labute approximate surface area is 169 Å². The fraction of sp³-hybridized carbons (Fsp3) is 0.476. The molecule has 1 aliphatic carbocycles. The van der Waals surface area contributed by atoms with Crippen LogP contribution in [0.4, 0.5) is 10.5 Å². The largest absolute Gasteiger partial charge is 0.464 e. The number of hydrogen-bond donors (Lipinski definition) is 1. The highest BCUT2D eigenvalue weighted by atomic mass is 32.1. The lowest BCUT2D eigenvalue weighted by Crippen LogP contribution is -2.43. The summed E-state index contributed by atoms with van der Waals surface area (Å²) in [5, 5.41) is 5.46. The average Bonchev–Trinajstić information content (AvgIpc) is 3.17. The topological polar surface area (TPSA) is 71.5 Å². The van der Waals surface area contributed by atoms with Crippen LogP contribution in [0, 0.1) is 13.8 Å². The second kappa shape index (κ2) is 9.19. The van der Waals surface area contributed by atoms with Crippen LogP contribution in [0.1, 0.15) is 58.7 Å². The lowest BCUT2D eigenvalue weighted by molar-refractivity contribution is 0.0594. The van der Waals surface area contributed by atoms with E-state index in [0.29, 0.717) is 12.2 Å². The van der Waals surface area contributed by atoms with E-state index in [1.165, 1.54) is 30.4 Å². The molecule has 1 aliphatic rings. The molecule has 0 radical (unpaired) electrons. The van der Waals surface area contributed by atoms with Crippen molar-refractivity contribution in [2.75, 3.05) is 12.4 Å². The van der Waals surface area contributed by atoms with Gasteiger partial charge in [-0.05, 0) is 49.9 Å². The first-order valence-electron chi connectivity index (χ1n) is 9.65. The number of nitrogens with zero attached hydrogens (tertiary/aromatic N) is 2. The third-order valence-electron chi connectivity index (χ3n) is 5.29. The number of anilines is 1. The van der Waals surface area contributed by atoms with E-state index in [9.17, 15) is 9.59 Å². The number of rotatable bonds is 5. The van der Waals surface area contributed by atoms with Crippen molar-refractivity contribution in [3.05, 3.63) is 45.4 Å². The van der Waals surface area contributed by atoms with Gasteiger partial charge in [0.2, 0.25) is 0 Å². The van der Waals surface area contributed by atoms with E-state index in [4.69, 9.17) is 4.74 Å². The van der Waals surface area contributed by atoms with Gasteiger partial charge in [0.25, 0.3) is 0 Å². The fourth-order valence-corrected chi connectivity index (χ4v) is 4.26. The first kappa shape index (κ1) is 20.3. The maximum Gasteiger partial charge on any atom is 0.357 e. The van der Waals surface area contributed by atoms with Crippen molar-refractivity contribution in [2.45, 2.75) is 58.5 Å². The summed E-state index contributed by atoms with van der Waals surface area (Å²) >= 11 is 1.38. The summed E-state index contributed by atoms with van der Waals surface area (Å²) in [6.45, 7) is 4.48. The van der Waals surface area contributed by atoms with E-state index in [-0.39, 0.29) is 12.1 Å². The van der Waals surface area contributed by atoms with E-state index in [1.54, 1.807) is 5.38 Å². The molecule has 1 aromatic carbocycles. The van der Waals surface area contributed by atoms with E-state index in [0.717, 1.165) is 41.9 Å². The molecule has 0 bridgehead atoms. The van der Waals surface area contributed by atoms with Gasteiger partial charge < -0.3 is 15.0 Å². The van der Waals surface area contributed by atoms with Gasteiger partial charge in [-0.2, -0.15) is 0 Å². The van der Waals surface area contributed by atoms with Gasteiger partial charge in [-0.25, -0.2) is 14.6 Å². The number of aryl methyl sites for hydroxylation is 2. The van der Waals surface area contributed by atoms with Crippen LogP contribution < -0.4 is 5.32 Å². The minimum absolute atomic E-state index is 0.120. The minimum atomic E-state index is -0.453. The highest BCUT2D eigenvalue weighted by Crippen LogP contribution is 2.26. The van der Waals surface area contributed by atoms with Gasteiger partial charge in [-0.1, -0.05) is 25.3 Å². The van der Waals surface area contributed by atoms with Crippen LogP contribution >= 0.6 is 11.3 Å². The molecule has 28 heavy (non-hydrogen) atoms. The van der Waals surface area contributed by atoms with E-state index in [2.05, 4.69) is 17.2 Å². The first-order valence-corrected chi connectivity index (χ1v) is 10.5. The van der Waals surface area contributed by atoms with Gasteiger partial charge in [-0.3, -0.25) is 0 Å². The zero-order chi connectivity index (χ0) is 20.1. The Morgan fingerprint density at radius 2 is 1.96 bits per heavy atom. The van der Waals surface area contributed by atoms with Gasteiger partial charge in [0.15, 0.2) is 5.69 Å². The maximum atomic E-state index is 13.1. The molecule has 3 rings (SSSR count). The summed E-state index contributed by atoms with van der Waals surface area (Å²) in [7, 11) is 1.34. The molecule has 1 aromatic heterocycles. The Bertz CT molecular complexity index is 843. The molecule has 1 N–H and O–H groups in total. The van der Waals surface area contributed by atoms with E-state index < -0.39 is 5.97 Å². The molecule has 0 aliphatic heterocycles. The number of amides is 2. The monoisotopic (exact) mass is 401 g/mol. The minimum Gasteiger partial charge on any atom is -0.464 e. The van der Waals surface area contributed by atoms with Gasteiger partial charge >= 0.3 is 12.0 Å². The Morgan fingerprint density at radius 1 is 1.21 bits per heavy atom. The Hall–Kier alpha value is -2.41. The van der Waals surface area contributed by atoms with Gasteiger partial charge in [0.05, 0.1) is 13.7 Å². The second-order valence-electron chi connectivity index (χ2n) is 7.27. The molecule has 0 unspecified atom stereocenters. The number of benzene rings is 1. The summed E-state index contributed by atoms with van der Waals surface area (Å²) in [4.78, 5) is 31.0. The van der Waals surface area contributed by atoms with Crippen LogP contribution in [-0.2, 0) is 11.3 Å². The van der Waals surface area contributed by atoms with Crippen molar-refractivity contribution in [1.82, 2.24) is 9.88 Å². The lowest BCUT2D eigenvalue weighted by atomic mass is 9.94. The molecule has 1 heterocycles. The highest BCUT2D eigenvalue weighted by molar-refractivity contribution is 7.09. The molecular formula is C21H27N3O3S. The van der Waals surface area contributed by atoms with Gasteiger partial charge in [0.1, 0.15) is 5.01 Å². The summed E-state index contributed by atoms with van der Waals surface area (Å²) in [5.74, 6) is -0.453. The molecule has 1 saturated carbocycles. The number of carbonyl (C=O) groups excluding carboxylic acids is 2. The average molecular weight is 402 g/mol. The molecular weight excluding hydrogens is 374 g/mol. The Balaban J connectivity index is 1.77. The Kier molecular flexibility index (Phi) is 6.67. The zero-order valence-corrected chi connectivity index (χ0v) is 17.5. The lowest BCUT2D eigenvalue weighted by Gasteiger charge is -2.34. The quantitative estimate of drug-likeness (QED) is 0.722. The molecule has 150 valence electrons. The zero-order valence-electron chi connectivity index (χ0n) is 16.7. The van der Waals surface area contributed by atoms with Crippen molar-refractivity contribution >= 4 is 29.0 Å². The van der Waals surface area contributed by atoms with E-state index >= 15 is 0 Å². The molecule has 0 spiro atoms. The van der Waals surface area contributed by atoms with Crippen LogP contribution in [0.15, 0.2) is 23.6 Å². The molecule has 6 nitrogen and oxygen atoms in total. The summed E-state index contributed by atoms with van der Waals surface area (Å²) in [5.41, 5.74) is 3.42. The van der Waals surface area contributed by atoms with Crippen molar-refractivity contribution in [3.63, 3.8) is 0 Å². The molecule has 7 heteroatoms. The number of nitrogens with one attached hydrogen (secondary N) is 1. The van der Waals surface area contributed by atoms with Gasteiger partial charge in [-0.15, -0.1) is 11.3 Å². The number of esters is 1. The van der Waals surface area contributed by atoms with Crippen molar-refractivity contribution < 1.29 is 14.3 Å². The summed E-state index contributed by atoms with van der Waals surface area (Å²) < 4.78 is 4.73. The molecule has 2 amide bonds. The van der Waals surface area contributed by atoms with Crippen LogP contribution in [0.25, 0.3) is 0 Å². The number of aromatic nitrogens is 1. The molecule has 1 fully saturated rings. The van der Waals surface area contributed by atoms with Crippen molar-refractivity contribution in [2.24, 2.45) is 0 Å². The van der Waals surface area contributed by atoms with Crippen molar-refractivity contribution in [1.29, 1.82) is 0 Å². The third-order valence-corrected chi connectivity index (χ3v) is 6.12. The summed E-state index contributed by atoms with van der Waals surface area (Å²) in [6.07, 6.45) is 5.46. The number of urea groups is 1. The SMILES string of the molecule is COC(=O)c1csc(CN(C(=O)Nc2ccc(C)c(C)c2)C2CCCCC2)n1. The van der Waals surface area contributed by atoms with E-state index in [1.807, 2.05) is 30.0 Å². The Morgan fingerprint density at radius 3 is 2.64 bits per heavy atom. The first-order chi connectivity index (χ1) is 13.5. The van der Waals surface area contributed by atoms with Crippen LogP contribution in [0.5, 0.6) is 0 Å². The smallest absolute Gasteiger partial charge is 0.357 e. The number of carbonyl (C=O) groups is 2. The fourth-order valence-electron chi connectivity index (χ4n) is 3.50. The second-order valence-corrected chi connectivity index (χ2v) is 8.21. The predicted octanol–water partition coefficient (Wildman–Crippen LogP) is 4.91. The number of hydrogen-bond acceptors (Lipinski definition) is 5. The van der Waals surface area contributed by atoms with Crippen molar-refractivity contribution in [3.8, 4) is 0 Å². The van der Waals surface area contributed by atoms with Crippen LogP contribution in [-0.4, -0.2) is 35.0 Å². The number of thiazole rings is 1. The number of methoxy groups -OCH3 is 1. The molecule has 2 aromatic rings. The molecule has 0 saturated heterocycles. The normalized spacial score (nSPS) is 14.5. The standard InChI is InChI=1S/C21H27N3O3S/c1-14-9-10-16(11-15(14)2)22-21(26)24(17-7-5-4-6-8-17)12-19-23-18(13-28-19)20(25)27-3/h9-11,13,17H,4-8,12H2,1-3H3,(H,22,26). The third kappa shape index (κ3) is 4.90. The summed E-state index contributed by atoms with van der Waals surface area (Å²) in [6, 6.07) is 6.00. The van der Waals surface area contributed by atoms with Gasteiger partial charge in [0, 0.05) is 17.1 Å². The van der Waals surface area contributed by atoms with Crippen LogP contribution in [0.3, 0.4) is 0 Å².